The molecule has 1 nitrogen and oxygen atoms in total. The molecule has 2 atom stereocenters. The fourth-order valence-electron chi connectivity index (χ4n) is 3.26. The predicted molar refractivity (Wildman–Crippen MR) is 88.8 cm³/mol. The first-order chi connectivity index (χ1) is 10.3. The summed E-state index contributed by atoms with van der Waals surface area (Å²) in [5.41, 5.74) is 1.01. The van der Waals surface area contributed by atoms with Gasteiger partial charge in [0.25, 0.3) is 0 Å². The summed E-state index contributed by atoms with van der Waals surface area (Å²) in [6.07, 6.45) is 9.22. The molecule has 1 N–H and O–H groups in total. The fourth-order valence-corrected chi connectivity index (χ4v) is 3.26. The molecule has 1 aromatic rings. The first kappa shape index (κ1) is 16.1. The van der Waals surface area contributed by atoms with Gasteiger partial charge in [0.1, 0.15) is 0 Å². The van der Waals surface area contributed by atoms with Crippen molar-refractivity contribution in [3.63, 3.8) is 0 Å². The van der Waals surface area contributed by atoms with Crippen LogP contribution in [0.3, 0.4) is 0 Å². The lowest BCUT2D eigenvalue weighted by Gasteiger charge is -2.30. The highest BCUT2D eigenvalue weighted by Crippen LogP contribution is 2.36. The molecular weight excluding hydrogens is 256 g/mol. The Morgan fingerprint density at radius 2 is 1.86 bits per heavy atom. The van der Waals surface area contributed by atoms with Gasteiger partial charge in [0, 0.05) is 6.42 Å². The van der Waals surface area contributed by atoms with E-state index in [1.54, 1.807) is 0 Å². The molecule has 0 amide bonds. The Morgan fingerprint density at radius 1 is 1.14 bits per heavy atom. The maximum atomic E-state index is 10.8. The van der Waals surface area contributed by atoms with Gasteiger partial charge < -0.3 is 5.11 Å². The maximum Gasteiger partial charge on any atom is 0.0930 e. The van der Waals surface area contributed by atoms with Crippen molar-refractivity contribution in [2.75, 3.05) is 0 Å². The molecular formula is C20H28O. The summed E-state index contributed by atoms with van der Waals surface area (Å²) in [5, 5.41) is 10.8. The van der Waals surface area contributed by atoms with Gasteiger partial charge in [-0.2, -0.15) is 0 Å². The highest BCUT2D eigenvalue weighted by Gasteiger charge is 2.28. The minimum Gasteiger partial charge on any atom is -0.387 e. The predicted octanol–water partition coefficient (Wildman–Crippen LogP) is 5.11. The lowest BCUT2D eigenvalue weighted by Crippen LogP contribution is -2.23. The topological polar surface area (TPSA) is 20.2 Å². The number of hydrogen-bond acceptors (Lipinski definition) is 1. The number of aliphatic hydroxyl groups is 1. The second-order valence-corrected chi connectivity index (χ2v) is 6.20. The van der Waals surface area contributed by atoms with E-state index in [1.165, 1.54) is 38.5 Å². The molecule has 0 aromatic heterocycles. The fraction of sp³-hybridized carbons (Fsp3) is 0.600. The third-order valence-corrected chi connectivity index (χ3v) is 4.56. The number of hydrogen-bond donors (Lipinski definition) is 1. The van der Waals surface area contributed by atoms with Crippen LogP contribution < -0.4 is 0 Å². The number of aliphatic hydroxyl groups excluding tert-OH is 1. The van der Waals surface area contributed by atoms with E-state index in [-0.39, 0.29) is 5.92 Å². The van der Waals surface area contributed by atoms with Gasteiger partial charge in [-0.3, -0.25) is 0 Å². The van der Waals surface area contributed by atoms with Gasteiger partial charge in [-0.05, 0) is 30.7 Å². The van der Waals surface area contributed by atoms with Crippen molar-refractivity contribution < 1.29 is 5.11 Å². The van der Waals surface area contributed by atoms with E-state index in [0.29, 0.717) is 5.92 Å². The van der Waals surface area contributed by atoms with E-state index in [0.717, 1.165) is 18.4 Å². The summed E-state index contributed by atoms with van der Waals surface area (Å²) >= 11 is 0. The Kier molecular flexibility index (Phi) is 6.83. The Labute approximate surface area is 129 Å². The molecule has 21 heavy (non-hydrogen) atoms. The molecule has 1 aliphatic rings. The van der Waals surface area contributed by atoms with Crippen LogP contribution in [0.25, 0.3) is 0 Å². The van der Waals surface area contributed by atoms with Gasteiger partial charge in [0.05, 0.1) is 12.0 Å². The van der Waals surface area contributed by atoms with Gasteiger partial charge in [-0.15, -0.1) is 5.92 Å². The summed E-state index contributed by atoms with van der Waals surface area (Å²) in [6, 6.07) is 10.0. The van der Waals surface area contributed by atoms with Gasteiger partial charge in [0.2, 0.25) is 0 Å². The summed E-state index contributed by atoms with van der Waals surface area (Å²) in [6.45, 7) is 2.19. The molecule has 0 unspecified atom stereocenters. The number of unbranched alkanes of at least 4 members (excludes halogenated alkanes) is 2. The van der Waals surface area contributed by atoms with E-state index in [9.17, 15) is 5.11 Å². The van der Waals surface area contributed by atoms with E-state index in [2.05, 4.69) is 18.8 Å². The zero-order valence-corrected chi connectivity index (χ0v) is 13.2. The zero-order chi connectivity index (χ0) is 14.9. The molecule has 1 fully saturated rings. The van der Waals surface area contributed by atoms with E-state index < -0.39 is 6.10 Å². The van der Waals surface area contributed by atoms with Crippen LogP contribution in [0.1, 0.15) is 70.0 Å². The molecule has 1 aliphatic carbocycles. The number of benzene rings is 1. The lowest BCUT2D eigenvalue weighted by atomic mass is 9.76. The van der Waals surface area contributed by atoms with Crippen molar-refractivity contribution in [1.82, 2.24) is 0 Å². The molecule has 2 rings (SSSR count). The first-order valence-electron chi connectivity index (χ1n) is 8.54. The van der Waals surface area contributed by atoms with Crippen LogP contribution in [-0.2, 0) is 0 Å². The van der Waals surface area contributed by atoms with Crippen LogP contribution in [0, 0.1) is 23.7 Å². The zero-order valence-electron chi connectivity index (χ0n) is 13.2. The normalized spacial score (nSPS) is 18.6. The van der Waals surface area contributed by atoms with E-state index >= 15 is 0 Å². The molecule has 0 bridgehead atoms. The summed E-state index contributed by atoms with van der Waals surface area (Å²) in [7, 11) is 0. The van der Waals surface area contributed by atoms with Gasteiger partial charge >= 0.3 is 0 Å². The Morgan fingerprint density at radius 3 is 2.52 bits per heavy atom. The van der Waals surface area contributed by atoms with Crippen LogP contribution in [0.5, 0.6) is 0 Å². The van der Waals surface area contributed by atoms with Crippen molar-refractivity contribution in [2.24, 2.45) is 11.8 Å². The Bertz CT molecular complexity index is 448. The first-order valence-corrected chi connectivity index (χ1v) is 8.54. The van der Waals surface area contributed by atoms with Gasteiger partial charge in [0.15, 0.2) is 0 Å². The molecule has 0 heterocycles. The molecule has 1 heteroatoms. The van der Waals surface area contributed by atoms with Crippen molar-refractivity contribution in [2.45, 2.75) is 64.4 Å². The van der Waals surface area contributed by atoms with E-state index in [4.69, 9.17) is 0 Å². The molecule has 1 aromatic carbocycles. The van der Waals surface area contributed by atoms with Crippen LogP contribution in [0.2, 0.25) is 0 Å². The highest BCUT2D eigenvalue weighted by atomic mass is 16.3. The van der Waals surface area contributed by atoms with Crippen LogP contribution in [0.15, 0.2) is 30.3 Å². The van der Waals surface area contributed by atoms with Crippen molar-refractivity contribution >= 4 is 0 Å². The van der Waals surface area contributed by atoms with Crippen LogP contribution >= 0.6 is 0 Å². The smallest absolute Gasteiger partial charge is 0.0930 e. The Balaban J connectivity index is 2.11. The standard InChI is InChI=1S/C20H28O/c1-2-3-4-11-16-19(17-12-7-5-8-13-17)20(21)18-14-9-6-10-15-18/h6,9-10,14-15,17,19-21H,2-5,7-8,12-13H2,1H3/t19-,20+/m1/s1. The molecule has 0 saturated heterocycles. The summed E-state index contributed by atoms with van der Waals surface area (Å²) in [5.74, 6) is 7.41. The quantitative estimate of drug-likeness (QED) is 0.588. The minimum absolute atomic E-state index is 0.101. The monoisotopic (exact) mass is 284 g/mol. The minimum atomic E-state index is -0.441. The average molecular weight is 284 g/mol. The Hall–Kier alpha value is -1.26. The molecule has 1 saturated carbocycles. The molecule has 114 valence electrons. The van der Waals surface area contributed by atoms with E-state index in [1.807, 2.05) is 30.3 Å². The second-order valence-electron chi connectivity index (χ2n) is 6.20. The maximum absolute atomic E-state index is 10.8. The lowest BCUT2D eigenvalue weighted by molar-refractivity contribution is 0.0900. The third kappa shape index (κ3) is 4.90. The van der Waals surface area contributed by atoms with Crippen molar-refractivity contribution in [3.8, 4) is 11.8 Å². The van der Waals surface area contributed by atoms with Crippen molar-refractivity contribution in [1.29, 1.82) is 0 Å². The SMILES string of the molecule is CCCCC#C[C@H](C1CCCCC1)[C@@H](O)c1ccccc1. The molecule has 0 aliphatic heterocycles. The van der Waals surface area contributed by atoms with Crippen LogP contribution in [0.4, 0.5) is 0 Å². The number of rotatable bonds is 5. The van der Waals surface area contributed by atoms with Gasteiger partial charge in [-0.25, -0.2) is 0 Å². The van der Waals surface area contributed by atoms with Crippen LogP contribution in [-0.4, -0.2) is 5.11 Å². The molecule has 0 radical (unpaired) electrons. The summed E-state index contributed by atoms with van der Waals surface area (Å²) < 4.78 is 0. The van der Waals surface area contributed by atoms with Gasteiger partial charge in [-0.1, -0.05) is 68.9 Å². The second kappa shape index (κ2) is 8.90. The summed E-state index contributed by atoms with van der Waals surface area (Å²) in [4.78, 5) is 0. The largest absolute Gasteiger partial charge is 0.387 e. The third-order valence-electron chi connectivity index (χ3n) is 4.56. The highest BCUT2D eigenvalue weighted by molar-refractivity contribution is 5.22. The molecule has 0 spiro atoms. The van der Waals surface area contributed by atoms with Crippen molar-refractivity contribution in [3.05, 3.63) is 35.9 Å². The average Bonchev–Trinajstić information content (AvgIpc) is 2.56.